The van der Waals surface area contributed by atoms with Crippen LogP contribution in [0.2, 0.25) is 0 Å². The average molecular weight is 399 g/mol. The van der Waals surface area contributed by atoms with E-state index in [-0.39, 0.29) is 11.2 Å². The first-order valence-corrected chi connectivity index (χ1v) is 12.3. The molecular weight excluding hydrogens is 360 g/mol. The van der Waals surface area contributed by atoms with Gasteiger partial charge < -0.3 is 14.2 Å². The molecule has 0 aromatic carbocycles. The van der Waals surface area contributed by atoms with Gasteiger partial charge in [-0.2, -0.15) is 0 Å². The lowest BCUT2D eigenvalue weighted by molar-refractivity contribution is -0.258. The second-order valence-corrected chi connectivity index (χ2v) is 11.1. The lowest BCUT2D eigenvalue weighted by Crippen LogP contribution is -2.57. The molecule has 0 aromatic rings. The van der Waals surface area contributed by atoms with Crippen LogP contribution in [0.25, 0.3) is 0 Å². The highest BCUT2D eigenvalue weighted by atomic mass is 16.7. The van der Waals surface area contributed by atoms with Gasteiger partial charge in [-0.05, 0) is 100 Å². The number of hydrogen-bond donors (Lipinski definition) is 0. The first-order valence-electron chi connectivity index (χ1n) is 12.3. The quantitative estimate of drug-likeness (QED) is 0.534. The molecule has 1 heterocycles. The van der Waals surface area contributed by atoms with Crippen LogP contribution in [0.3, 0.4) is 0 Å². The van der Waals surface area contributed by atoms with Crippen molar-refractivity contribution in [3.8, 4) is 0 Å². The summed E-state index contributed by atoms with van der Waals surface area (Å²) in [6.07, 6.45) is 15.5. The second-order valence-electron chi connectivity index (χ2n) is 11.1. The van der Waals surface area contributed by atoms with Crippen LogP contribution in [-0.2, 0) is 14.2 Å². The molecule has 4 fully saturated rings. The van der Waals surface area contributed by atoms with Crippen LogP contribution in [0.4, 0.5) is 0 Å². The van der Waals surface area contributed by atoms with Crippen LogP contribution >= 0.6 is 0 Å². The van der Waals surface area contributed by atoms with Crippen LogP contribution in [-0.4, -0.2) is 25.6 Å². The lowest BCUT2D eigenvalue weighted by Gasteiger charge is -2.59. The summed E-state index contributed by atoms with van der Waals surface area (Å²) < 4.78 is 18.6. The Morgan fingerprint density at radius 1 is 1.03 bits per heavy atom. The summed E-state index contributed by atoms with van der Waals surface area (Å²) in [5.74, 6) is 2.56. The van der Waals surface area contributed by atoms with Gasteiger partial charge in [-0.15, -0.1) is 0 Å². The van der Waals surface area contributed by atoms with E-state index in [0.717, 1.165) is 44.5 Å². The standard InChI is InChI=1S/C26H38O3/c1-4-27-19-6-7-20-18(17-19)5-8-22-21(20)9-10-23(2)25(22)11-13-26(23,14-12-25)24(3)28-15-16-29-24/h6,21-22H,4-5,7-17H2,1-3H3/t21-,22-,23+,25?,26?/m1/s1. The second kappa shape index (κ2) is 6.13. The van der Waals surface area contributed by atoms with Gasteiger partial charge in [-0.3, -0.25) is 0 Å². The molecule has 160 valence electrons. The molecule has 3 saturated carbocycles. The van der Waals surface area contributed by atoms with Crippen LogP contribution in [0.5, 0.6) is 0 Å². The Hall–Kier alpha value is -0.800. The van der Waals surface area contributed by atoms with E-state index in [0.29, 0.717) is 10.8 Å². The van der Waals surface area contributed by atoms with E-state index in [1.54, 1.807) is 5.57 Å². The summed E-state index contributed by atoms with van der Waals surface area (Å²) in [5, 5.41) is 0. The van der Waals surface area contributed by atoms with E-state index in [1.165, 1.54) is 57.1 Å². The number of allylic oxidation sites excluding steroid dienone is 3. The third-order valence-electron chi connectivity index (χ3n) is 10.9. The Balaban J connectivity index is 1.34. The van der Waals surface area contributed by atoms with Crippen molar-refractivity contribution in [2.75, 3.05) is 19.8 Å². The minimum Gasteiger partial charge on any atom is -0.498 e. The highest BCUT2D eigenvalue weighted by Gasteiger charge is 2.78. The Morgan fingerprint density at radius 3 is 2.52 bits per heavy atom. The number of fused-ring (bicyclic) bond motifs is 2. The minimum absolute atomic E-state index is 0.227. The van der Waals surface area contributed by atoms with Gasteiger partial charge >= 0.3 is 0 Å². The van der Waals surface area contributed by atoms with Gasteiger partial charge in [0.15, 0.2) is 5.79 Å². The van der Waals surface area contributed by atoms with Gasteiger partial charge in [0.2, 0.25) is 0 Å². The molecule has 0 radical (unpaired) electrons. The molecule has 0 aromatic heterocycles. The summed E-state index contributed by atoms with van der Waals surface area (Å²) in [6, 6.07) is 0. The summed E-state index contributed by atoms with van der Waals surface area (Å²) in [7, 11) is 0. The Bertz CT molecular complexity index is 763. The van der Waals surface area contributed by atoms with Gasteiger partial charge in [0, 0.05) is 11.8 Å². The van der Waals surface area contributed by atoms with Crippen molar-refractivity contribution in [2.45, 2.75) is 90.8 Å². The lowest BCUT2D eigenvalue weighted by atomic mass is 9.46. The Morgan fingerprint density at radius 2 is 1.79 bits per heavy atom. The molecule has 3 heteroatoms. The molecule has 29 heavy (non-hydrogen) atoms. The topological polar surface area (TPSA) is 27.7 Å². The van der Waals surface area contributed by atoms with Crippen molar-refractivity contribution >= 4 is 0 Å². The molecule has 5 aliphatic carbocycles. The van der Waals surface area contributed by atoms with Gasteiger partial charge in [-0.1, -0.05) is 18.1 Å². The maximum atomic E-state index is 6.36. The molecule has 1 aliphatic heterocycles. The normalized spacial score (nSPS) is 47.5. The highest BCUT2D eigenvalue weighted by Crippen LogP contribution is 2.83. The molecule has 6 aliphatic rings. The zero-order valence-electron chi connectivity index (χ0n) is 18.6. The number of ether oxygens (including phenoxy) is 3. The average Bonchev–Trinajstić information content (AvgIpc) is 3.37. The highest BCUT2D eigenvalue weighted by molar-refractivity contribution is 5.35. The largest absolute Gasteiger partial charge is 0.498 e. The van der Waals surface area contributed by atoms with Gasteiger partial charge in [0.05, 0.1) is 25.6 Å². The third-order valence-corrected chi connectivity index (χ3v) is 10.9. The summed E-state index contributed by atoms with van der Waals surface area (Å²) in [6.45, 7) is 9.38. The van der Waals surface area contributed by atoms with Gasteiger partial charge in [0.1, 0.15) is 0 Å². The van der Waals surface area contributed by atoms with E-state index < -0.39 is 0 Å². The van der Waals surface area contributed by atoms with Gasteiger partial charge in [0.25, 0.3) is 0 Å². The summed E-state index contributed by atoms with van der Waals surface area (Å²) in [5.41, 5.74) is 4.65. The molecule has 2 bridgehead atoms. The molecular formula is C26H38O3. The van der Waals surface area contributed by atoms with E-state index in [1.807, 2.05) is 5.57 Å². The van der Waals surface area contributed by atoms with Crippen molar-refractivity contribution in [2.24, 2.45) is 28.1 Å². The zero-order valence-corrected chi connectivity index (χ0v) is 18.6. The van der Waals surface area contributed by atoms with Crippen LogP contribution < -0.4 is 0 Å². The van der Waals surface area contributed by atoms with Crippen LogP contribution in [0, 0.1) is 28.1 Å². The van der Waals surface area contributed by atoms with E-state index in [2.05, 4.69) is 26.8 Å². The van der Waals surface area contributed by atoms with E-state index in [4.69, 9.17) is 14.2 Å². The molecule has 0 spiro atoms. The Labute approximate surface area is 176 Å². The molecule has 1 saturated heterocycles. The molecule has 0 amide bonds. The predicted octanol–water partition coefficient (Wildman–Crippen LogP) is 6.15. The van der Waals surface area contributed by atoms with Crippen molar-refractivity contribution in [3.63, 3.8) is 0 Å². The summed E-state index contributed by atoms with van der Waals surface area (Å²) >= 11 is 0. The minimum atomic E-state index is -0.355. The molecule has 0 N–H and O–H groups in total. The Kier molecular flexibility index (Phi) is 4.00. The van der Waals surface area contributed by atoms with Crippen molar-refractivity contribution in [1.82, 2.24) is 0 Å². The number of rotatable bonds is 3. The predicted molar refractivity (Wildman–Crippen MR) is 113 cm³/mol. The van der Waals surface area contributed by atoms with Gasteiger partial charge in [-0.25, -0.2) is 0 Å². The smallest absolute Gasteiger partial charge is 0.171 e. The maximum absolute atomic E-state index is 6.36. The molecule has 3 atom stereocenters. The van der Waals surface area contributed by atoms with Crippen LogP contribution in [0.15, 0.2) is 23.0 Å². The number of hydrogen-bond acceptors (Lipinski definition) is 3. The molecule has 0 unspecified atom stereocenters. The zero-order chi connectivity index (χ0) is 19.9. The van der Waals surface area contributed by atoms with Crippen molar-refractivity contribution in [3.05, 3.63) is 23.0 Å². The van der Waals surface area contributed by atoms with E-state index in [9.17, 15) is 0 Å². The first kappa shape index (κ1) is 18.9. The fourth-order valence-electron chi connectivity index (χ4n) is 9.69. The van der Waals surface area contributed by atoms with Crippen molar-refractivity contribution in [1.29, 1.82) is 0 Å². The molecule has 6 rings (SSSR count). The van der Waals surface area contributed by atoms with E-state index >= 15 is 0 Å². The maximum Gasteiger partial charge on any atom is 0.171 e. The SMILES string of the molecule is CCOC1=CCC2=C(CC[C@@H]3[C@@H]2CC[C@@]2(C)C34CCC2(C2(C)OCCO2)CC4)C1. The monoisotopic (exact) mass is 398 g/mol. The first-order chi connectivity index (χ1) is 14.0. The fourth-order valence-corrected chi connectivity index (χ4v) is 9.69. The fraction of sp³-hybridized carbons (Fsp3) is 0.846. The summed E-state index contributed by atoms with van der Waals surface area (Å²) in [4.78, 5) is 0. The van der Waals surface area contributed by atoms with Crippen molar-refractivity contribution < 1.29 is 14.2 Å². The van der Waals surface area contributed by atoms with Crippen LogP contribution in [0.1, 0.15) is 85.0 Å². The third kappa shape index (κ3) is 2.12. The molecule has 3 nitrogen and oxygen atoms in total.